The van der Waals surface area contributed by atoms with Crippen LogP contribution < -0.4 is 10.1 Å². The third-order valence-electron chi connectivity index (χ3n) is 5.14. The van der Waals surface area contributed by atoms with Gasteiger partial charge in [0.2, 0.25) is 11.8 Å². The van der Waals surface area contributed by atoms with Crippen molar-refractivity contribution in [1.29, 1.82) is 0 Å². The summed E-state index contributed by atoms with van der Waals surface area (Å²) in [6.07, 6.45) is 1.37. The van der Waals surface area contributed by atoms with E-state index >= 15 is 0 Å². The van der Waals surface area contributed by atoms with Crippen LogP contribution in [0.25, 0.3) is 0 Å². The Balaban J connectivity index is 1.45. The molecule has 1 aromatic rings. The first-order chi connectivity index (χ1) is 12.2. The lowest BCUT2D eigenvalue weighted by Gasteiger charge is -2.29. The highest BCUT2D eigenvalue weighted by molar-refractivity contribution is 8.01. The molecule has 1 N–H and O–H groups in total. The number of rotatable bonds is 5. The van der Waals surface area contributed by atoms with Crippen molar-refractivity contribution >= 4 is 23.6 Å². The van der Waals surface area contributed by atoms with Gasteiger partial charge in [-0.05, 0) is 36.5 Å². The van der Waals surface area contributed by atoms with Crippen molar-refractivity contribution < 1.29 is 14.3 Å². The van der Waals surface area contributed by atoms with E-state index in [4.69, 9.17) is 4.74 Å². The van der Waals surface area contributed by atoms with Crippen molar-refractivity contribution in [3.05, 3.63) is 29.8 Å². The Bertz CT molecular complexity index is 683. The van der Waals surface area contributed by atoms with Crippen molar-refractivity contribution in [2.75, 3.05) is 18.9 Å². The van der Waals surface area contributed by atoms with Gasteiger partial charge in [-0.2, -0.15) is 0 Å². The monoisotopic (exact) mass is 376 g/mol. The van der Waals surface area contributed by atoms with Crippen LogP contribution in [-0.2, 0) is 15.0 Å². The Morgan fingerprint density at radius 1 is 1.35 bits per heavy atom. The Morgan fingerprint density at radius 3 is 2.69 bits per heavy atom. The third-order valence-corrected chi connectivity index (χ3v) is 6.64. The average molecular weight is 377 g/mol. The molecule has 2 heterocycles. The van der Waals surface area contributed by atoms with Crippen molar-refractivity contribution in [2.45, 2.75) is 56.9 Å². The first kappa shape index (κ1) is 19.1. The van der Waals surface area contributed by atoms with Gasteiger partial charge in [0.25, 0.3) is 0 Å². The molecule has 1 aromatic carbocycles. The second-order valence-electron chi connectivity index (χ2n) is 8.18. The molecule has 2 aliphatic heterocycles. The minimum atomic E-state index is -0.355. The highest BCUT2D eigenvalue weighted by Crippen LogP contribution is 2.47. The molecule has 142 valence electrons. The lowest BCUT2D eigenvalue weighted by molar-refractivity contribution is -0.137. The van der Waals surface area contributed by atoms with Gasteiger partial charge in [-0.25, -0.2) is 0 Å². The summed E-state index contributed by atoms with van der Waals surface area (Å²) in [7, 11) is 0. The second kappa shape index (κ2) is 7.14. The quantitative estimate of drug-likeness (QED) is 0.803. The molecule has 0 aromatic heterocycles. The normalized spacial score (nSPS) is 25.3. The van der Waals surface area contributed by atoms with E-state index in [0.717, 1.165) is 12.2 Å². The van der Waals surface area contributed by atoms with E-state index in [-0.39, 0.29) is 28.1 Å². The van der Waals surface area contributed by atoms with Gasteiger partial charge < -0.3 is 15.0 Å². The lowest BCUT2D eigenvalue weighted by atomic mass is 9.87. The summed E-state index contributed by atoms with van der Waals surface area (Å²) in [5.74, 6) is 1.48. The number of amides is 2. The predicted molar refractivity (Wildman–Crippen MR) is 104 cm³/mol. The summed E-state index contributed by atoms with van der Waals surface area (Å²) >= 11 is 1.71. The highest BCUT2D eigenvalue weighted by Gasteiger charge is 2.52. The molecular formula is C20H28N2O3S. The molecule has 0 saturated carbocycles. The van der Waals surface area contributed by atoms with Crippen LogP contribution >= 0.6 is 11.8 Å². The lowest BCUT2D eigenvalue weighted by Crippen LogP contribution is -2.50. The van der Waals surface area contributed by atoms with Crippen LogP contribution in [0.4, 0.5) is 0 Å². The predicted octanol–water partition coefficient (Wildman–Crippen LogP) is 2.93. The molecule has 26 heavy (non-hydrogen) atoms. The van der Waals surface area contributed by atoms with Crippen LogP contribution in [0.15, 0.2) is 24.3 Å². The minimum absolute atomic E-state index is 0.0804. The second-order valence-corrected chi connectivity index (χ2v) is 9.68. The van der Waals surface area contributed by atoms with Crippen molar-refractivity contribution in [1.82, 2.24) is 10.2 Å². The summed E-state index contributed by atoms with van der Waals surface area (Å²) in [6.45, 7) is 9.42. The first-order valence-corrected chi connectivity index (χ1v) is 10.2. The van der Waals surface area contributed by atoms with Crippen molar-refractivity contribution in [3.8, 4) is 5.75 Å². The van der Waals surface area contributed by atoms with Crippen molar-refractivity contribution in [2.24, 2.45) is 0 Å². The molecule has 2 fully saturated rings. The van der Waals surface area contributed by atoms with Gasteiger partial charge in [0.05, 0.1) is 11.4 Å². The number of ether oxygens (including phenoxy) is 1. The van der Waals surface area contributed by atoms with Gasteiger partial charge in [-0.1, -0.05) is 32.9 Å². The Morgan fingerprint density at radius 2 is 2.04 bits per heavy atom. The summed E-state index contributed by atoms with van der Waals surface area (Å²) in [4.78, 5) is 26.1. The largest absolute Gasteiger partial charge is 0.492 e. The minimum Gasteiger partial charge on any atom is -0.492 e. The van der Waals surface area contributed by atoms with Crippen LogP contribution in [0.1, 0.15) is 46.1 Å². The van der Waals surface area contributed by atoms with E-state index in [9.17, 15) is 9.59 Å². The number of fused-ring (bicyclic) bond motifs is 1. The topological polar surface area (TPSA) is 58.6 Å². The van der Waals surface area contributed by atoms with Gasteiger partial charge in [-0.15, -0.1) is 11.8 Å². The maximum atomic E-state index is 12.5. The molecular weight excluding hydrogens is 348 g/mol. The molecule has 0 aliphatic carbocycles. The maximum absolute atomic E-state index is 12.5. The number of hydrogen-bond acceptors (Lipinski definition) is 4. The van der Waals surface area contributed by atoms with Gasteiger partial charge in [0.15, 0.2) is 0 Å². The molecule has 0 radical (unpaired) electrons. The number of nitrogens with one attached hydrogen (secondary N) is 1. The fraction of sp³-hybridized carbons (Fsp3) is 0.600. The molecule has 2 amide bonds. The van der Waals surface area contributed by atoms with Crippen LogP contribution in [0.5, 0.6) is 5.75 Å². The first-order valence-electron chi connectivity index (χ1n) is 9.18. The number of carbonyl (C=O) groups excluding carboxylic acids is 2. The van der Waals surface area contributed by atoms with E-state index in [0.29, 0.717) is 25.3 Å². The molecule has 2 saturated heterocycles. The SMILES string of the molecule is CC(C)(C)c1ccc(OCCNC(=O)[C@H]2CS[C@]3(C)CCC(=O)N23)cc1. The van der Waals surface area contributed by atoms with E-state index < -0.39 is 0 Å². The summed E-state index contributed by atoms with van der Waals surface area (Å²) < 4.78 is 5.71. The summed E-state index contributed by atoms with van der Waals surface area (Å²) in [5, 5.41) is 2.91. The fourth-order valence-electron chi connectivity index (χ4n) is 3.53. The summed E-state index contributed by atoms with van der Waals surface area (Å²) in [6, 6.07) is 7.72. The van der Waals surface area contributed by atoms with Gasteiger partial charge in [0.1, 0.15) is 18.4 Å². The molecule has 0 spiro atoms. The van der Waals surface area contributed by atoms with Crippen LogP contribution in [0, 0.1) is 0 Å². The molecule has 5 nitrogen and oxygen atoms in total. The average Bonchev–Trinajstić information content (AvgIpc) is 3.07. The summed E-state index contributed by atoms with van der Waals surface area (Å²) in [5.41, 5.74) is 1.38. The van der Waals surface area contributed by atoms with E-state index in [1.165, 1.54) is 5.56 Å². The number of thioether (sulfide) groups is 1. The van der Waals surface area contributed by atoms with E-state index in [1.54, 1.807) is 16.7 Å². The Hall–Kier alpha value is -1.69. The van der Waals surface area contributed by atoms with Crippen LogP contribution in [0.2, 0.25) is 0 Å². The number of hydrogen-bond donors (Lipinski definition) is 1. The van der Waals surface area contributed by atoms with E-state index in [2.05, 4.69) is 45.1 Å². The molecule has 2 aliphatic rings. The van der Waals surface area contributed by atoms with Gasteiger partial charge >= 0.3 is 0 Å². The van der Waals surface area contributed by atoms with Crippen molar-refractivity contribution in [3.63, 3.8) is 0 Å². The standard InChI is InChI=1S/C20H28N2O3S/c1-19(2,3)14-5-7-15(8-6-14)25-12-11-21-18(24)16-13-26-20(4)10-9-17(23)22(16)20/h5-8,16H,9-13H2,1-4H3,(H,21,24)/t16-,20-/m1/s1. The van der Waals surface area contributed by atoms with Gasteiger partial charge in [-0.3, -0.25) is 9.59 Å². The Labute approximate surface area is 159 Å². The van der Waals surface area contributed by atoms with Crippen LogP contribution in [0.3, 0.4) is 0 Å². The number of carbonyl (C=O) groups is 2. The number of benzene rings is 1. The van der Waals surface area contributed by atoms with Gasteiger partial charge in [0, 0.05) is 12.2 Å². The molecule has 0 bridgehead atoms. The molecule has 3 rings (SSSR count). The zero-order chi connectivity index (χ0) is 18.9. The third kappa shape index (κ3) is 3.85. The smallest absolute Gasteiger partial charge is 0.243 e. The zero-order valence-electron chi connectivity index (χ0n) is 16.0. The fourth-order valence-corrected chi connectivity index (χ4v) is 4.96. The van der Waals surface area contributed by atoms with Crippen LogP contribution in [-0.4, -0.2) is 46.5 Å². The molecule has 0 unspecified atom stereocenters. The molecule has 2 atom stereocenters. The van der Waals surface area contributed by atoms with E-state index in [1.807, 2.05) is 12.1 Å². The Kier molecular flexibility index (Phi) is 5.24. The maximum Gasteiger partial charge on any atom is 0.243 e. The number of nitrogens with zero attached hydrogens (tertiary/aromatic N) is 1. The zero-order valence-corrected chi connectivity index (χ0v) is 16.8. The highest BCUT2D eigenvalue weighted by atomic mass is 32.2. The molecule has 6 heteroatoms.